The highest BCUT2D eigenvalue weighted by molar-refractivity contribution is 6.30. The van der Waals surface area contributed by atoms with Gasteiger partial charge in [0.25, 0.3) is 0 Å². The summed E-state index contributed by atoms with van der Waals surface area (Å²) in [5, 5.41) is 6.63. The van der Waals surface area contributed by atoms with E-state index in [1.807, 2.05) is 41.2 Å². The van der Waals surface area contributed by atoms with E-state index in [9.17, 15) is 4.79 Å². The number of pyridine rings is 1. The van der Waals surface area contributed by atoms with Gasteiger partial charge < -0.3 is 10.6 Å². The zero-order chi connectivity index (χ0) is 18.8. The van der Waals surface area contributed by atoms with Gasteiger partial charge in [-0.3, -0.25) is 9.78 Å². The standard InChI is InChI=1S/C20H22ClN5O/c21-15-1-3-16(4-2-15)26-18-13-23-10-6-17(18)20(24-26)25-11-7-14(8-12-25)19(27)5-9-22/h1-4,6,10,13-14H,5,7-9,11-12,22H2. The summed E-state index contributed by atoms with van der Waals surface area (Å²) in [7, 11) is 0. The number of nitrogens with two attached hydrogens (primary N) is 1. The summed E-state index contributed by atoms with van der Waals surface area (Å²) in [5.74, 6) is 1.35. The molecule has 7 heteroatoms. The Balaban J connectivity index is 1.63. The van der Waals surface area contributed by atoms with E-state index in [1.165, 1.54) is 0 Å². The lowest BCUT2D eigenvalue weighted by Crippen LogP contribution is -2.37. The zero-order valence-electron chi connectivity index (χ0n) is 15.0. The summed E-state index contributed by atoms with van der Waals surface area (Å²) < 4.78 is 1.90. The molecule has 0 radical (unpaired) electrons. The van der Waals surface area contributed by atoms with Crippen LogP contribution in [0.2, 0.25) is 5.02 Å². The van der Waals surface area contributed by atoms with Gasteiger partial charge in [-0.1, -0.05) is 11.6 Å². The first-order valence-corrected chi connectivity index (χ1v) is 9.61. The van der Waals surface area contributed by atoms with Crippen molar-refractivity contribution in [3.8, 4) is 5.69 Å². The number of rotatable bonds is 5. The number of aromatic nitrogens is 3. The van der Waals surface area contributed by atoms with Crippen LogP contribution >= 0.6 is 11.6 Å². The molecule has 0 atom stereocenters. The molecule has 3 aromatic rings. The maximum atomic E-state index is 12.1. The van der Waals surface area contributed by atoms with Crippen molar-refractivity contribution in [2.45, 2.75) is 19.3 Å². The number of carbonyl (C=O) groups is 1. The predicted molar refractivity (Wildman–Crippen MR) is 107 cm³/mol. The molecule has 0 bridgehead atoms. The van der Waals surface area contributed by atoms with Crippen molar-refractivity contribution in [1.82, 2.24) is 14.8 Å². The Hall–Kier alpha value is -2.44. The van der Waals surface area contributed by atoms with E-state index in [1.54, 1.807) is 6.20 Å². The number of anilines is 1. The average Bonchev–Trinajstić information content (AvgIpc) is 3.09. The van der Waals surface area contributed by atoms with Gasteiger partial charge in [-0.05, 0) is 49.7 Å². The molecule has 0 spiro atoms. The van der Waals surface area contributed by atoms with E-state index in [0.29, 0.717) is 18.0 Å². The fourth-order valence-corrected chi connectivity index (χ4v) is 3.84. The fourth-order valence-electron chi connectivity index (χ4n) is 3.72. The number of ketones is 1. The molecule has 0 aliphatic carbocycles. The minimum atomic E-state index is 0.121. The van der Waals surface area contributed by atoms with Gasteiger partial charge in [0.15, 0.2) is 5.82 Å². The number of nitrogens with zero attached hydrogens (tertiary/aromatic N) is 4. The molecule has 3 heterocycles. The SMILES string of the molecule is NCCC(=O)C1CCN(c2nn(-c3ccc(Cl)cc3)c3cnccc23)CC1. The number of halogens is 1. The molecule has 0 saturated carbocycles. The lowest BCUT2D eigenvalue weighted by molar-refractivity contribution is -0.123. The van der Waals surface area contributed by atoms with Gasteiger partial charge in [-0.15, -0.1) is 5.10 Å². The first-order chi connectivity index (χ1) is 13.2. The van der Waals surface area contributed by atoms with Crippen LogP contribution in [0.25, 0.3) is 16.6 Å². The van der Waals surface area contributed by atoms with E-state index >= 15 is 0 Å². The van der Waals surface area contributed by atoms with Crippen LogP contribution in [0.3, 0.4) is 0 Å². The van der Waals surface area contributed by atoms with E-state index in [4.69, 9.17) is 22.4 Å². The molecular formula is C20H22ClN5O. The van der Waals surface area contributed by atoms with Gasteiger partial charge in [0.1, 0.15) is 5.78 Å². The van der Waals surface area contributed by atoms with Gasteiger partial charge in [-0.2, -0.15) is 0 Å². The topological polar surface area (TPSA) is 77.0 Å². The summed E-state index contributed by atoms with van der Waals surface area (Å²) in [6.45, 7) is 2.06. The zero-order valence-corrected chi connectivity index (χ0v) is 15.8. The van der Waals surface area contributed by atoms with Gasteiger partial charge in [0.05, 0.1) is 17.4 Å². The molecule has 1 aliphatic heterocycles. The quantitative estimate of drug-likeness (QED) is 0.732. The van der Waals surface area contributed by atoms with Gasteiger partial charge in [-0.25, -0.2) is 4.68 Å². The van der Waals surface area contributed by atoms with E-state index < -0.39 is 0 Å². The highest BCUT2D eigenvalue weighted by atomic mass is 35.5. The van der Waals surface area contributed by atoms with Gasteiger partial charge in [0, 0.05) is 42.0 Å². The van der Waals surface area contributed by atoms with Crippen molar-refractivity contribution in [2.24, 2.45) is 11.7 Å². The van der Waals surface area contributed by atoms with Crippen LogP contribution in [0.4, 0.5) is 5.82 Å². The van der Waals surface area contributed by atoms with Crippen LogP contribution in [0.5, 0.6) is 0 Å². The van der Waals surface area contributed by atoms with Crippen LogP contribution in [-0.4, -0.2) is 40.2 Å². The van der Waals surface area contributed by atoms with Crippen molar-refractivity contribution >= 4 is 34.1 Å². The van der Waals surface area contributed by atoms with Crippen LogP contribution in [-0.2, 0) is 4.79 Å². The smallest absolute Gasteiger partial charge is 0.159 e. The van der Waals surface area contributed by atoms with E-state index in [0.717, 1.165) is 48.3 Å². The van der Waals surface area contributed by atoms with Crippen LogP contribution in [0, 0.1) is 5.92 Å². The highest BCUT2D eigenvalue weighted by Gasteiger charge is 2.27. The van der Waals surface area contributed by atoms with Crippen molar-refractivity contribution in [1.29, 1.82) is 0 Å². The Labute approximate surface area is 162 Å². The van der Waals surface area contributed by atoms with Gasteiger partial charge >= 0.3 is 0 Å². The highest BCUT2D eigenvalue weighted by Crippen LogP contribution is 2.31. The summed E-state index contributed by atoms with van der Waals surface area (Å²) in [6, 6.07) is 9.60. The Morgan fingerprint density at radius 2 is 1.93 bits per heavy atom. The molecular weight excluding hydrogens is 362 g/mol. The lowest BCUT2D eigenvalue weighted by atomic mass is 9.91. The van der Waals surface area contributed by atoms with Crippen LogP contribution in [0.15, 0.2) is 42.7 Å². The number of fused-ring (bicyclic) bond motifs is 1. The summed E-state index contributed by atoms with van der Waals surface area (Å²) in [5.41, 5.74) is 7.42. The van der Waals surface area contributed by atoms with Crippen molar-refractivity contribution < 1.29 is 4.79 Å². The molecule has 0 amide bonds. The number of carbonyl (C=O) groups excluding carboxylic acids is 1. The second-order valence-electron chi connectivity index (χ2n) is 6.87. The van der Waals surface area contributed by atoms with E-state index in [-0.39, 0.29) is 11.7 Å². The number of hydrogen-bond acceptors (Lipinski definition) is 5. The largest absolute Gasteiger partial charge is 0.355 e. The minimum absolute atomic E-state index is 0.121. The summed E-state index contributed by atoms with van der Waals surface area (Å²) >= 11 is 6.02. The fraction of sp³-hybridized carbons (Fsp3) is 0.350. The summed E-state index contributed by atoms with van der Waals surface area (Å²) in [6.07, 6.45) is 5.79. The monoisotopic (exact) mass is 383 g/mol. The molecule has 1 fully saturated rings. The third-order valence-corrected chi connectivity index (χ3v) is 5.43. The number of piperidine rings is 1. The first kappa shape index (κ1) is 17.9. The summed E-state index contributed by atoms with van der Waals surface area (Å²) in [4.78, 5) is 18.7. The number of Topliss-reactive ketones (excluding diaryl/α,β-unsaturated/α-hetero) is 1. The molecule has 2 N–H and O–H groups in total. The Kier molecular flexibility index (Phi) is 5.09. The maximum absolute atomic E-state index is 12.1. The number of hydrogen-bond donors (Lipinski definition) is 1. The van der Waals surface area contributed by atoms with E-state index in [2.05, 4.69) is 9.88 Å². The Bertz CT molecular complexity index is 945. The van der Waals surface area contributed by atoms with Gasteiger partial charge in [0.2, 0.25) is 0 Å². The molecule has 0 unspecified atom stereocenters. The first-order valence-electron chi connectivity index (χ1n) is 9.24. The normalized spacial score (nSPS) is 15.4. The van der Waals surface area contributed by atoms with Crippen molar-refractivity contribution in [3.05, 3.63) is 47.7 Å². The average molecular weight is 384 g/mol. The Morgan fingerprint density at radius 3 is 2.63 bits per heavy atom. The third kappa shape index (κ3) is 3.55. The van der Waals surface area contributed by atoms with Crippen LogP contribution < -0.4 is 10.6 Å². The molecule has 1 aromatic carbocycles. The molecule has 4 rings (SSSR count). The lowest BCUT2D eigenvalue weighted by Gasteiger charge is -2.31. The van der Waals surface area contributed by atoms with Crippen LogP contribution in [0.1, 0.15) is 19.3 Å². The van der Waals surface area contributed by atoms with Crippen molar-refractivity contribution in [2.75, 3.05) is 24.5 Å². The van der Waals surface area contributed by atoms with Crippen molar-refractivity contribution in [3.63, 3.8) is 0 Å². The molecule has 1 aliphatic rings. The molecule has 6 nitrogen and oxygen atoms in total. The molecule has 2 aromatic heterocycles. The molecule has 140 valence electrons. The molecule has 27 heavy (non-hydrogen) atoms. The maximum Gasteiger partial charge on any atom is 0.159 e. The minimum Gasteiger partial charge on any atom is -0.355 e. The second-order valence-corrected chi connectivity index (χ2v) is 7.31. The number of benzene rings is 1. The molecule has 1 saturated heterocycles. The second kappa shape index (κ2) is 7.66. The predicted octanol–water partition coefficient (Wildman–Crippen LogP) is 3.21. The third-order valence-electron chi connectivity index (χ3n) is 5.18. The Morgan fingerprint density at radius 1 is 1.19 bits per heavy atom.